The van der Waals surface area contributed by atoms with Crippen LogP contribution in [0.3, 0.4) is 0 Å². The number of nitrogens with zero attached hydrogens (tertiary/aromatic N) is 5. The summed E-state index contributed by atoms with van der Waals surface area (Å²) in [6, 6.07) is 5.91. The molecule has 0 saturated heterocycles. The average Bonchev–Trinajstić information content (AvgIpc) is 3.17. The summed E-state index contributed by atoms with van der Waals surface area (Å²) in [5.41, 5.74) is 2.03. The smallest absolute Gasteiger partial charge is 0.284 e. The van der Waals surface area contributed by atoms with Crippen LogP contribution in [0.15, 0.2) is 60.0 Å². The van der Waals surface area contributed by atoms with Crippen LogP contribution in [0.5, 0.6) is 0 Å². The minimum atomic E-state index is 0.698. The molecule has 1 radical (unpaired) electrons. The zero-order chi connectivity index (χ0) is 14.9. The van der Waals surface area contributed by atoms with E-state index in [-0.39, 0.29) is 0 Å². The molecule has 22 heavy (non-hydrogen) atoms. The normalized spacial score (nSPS) is 17.2. The number of aromatic amines is 1. The molecule has 2 N–H and O–H groups in total. The number of aryl methyl sites for hydroxylation is 1. The molecule has 2 aromatic rings. The average molecular weight is 293 g/mol. The lowest BCUT2D eigenvalue weighted by molar-refractivity contribution is 0.814. The summed E-state index contributed by atoms with van der Waals surface area (Å²) in [4.78, 5) is 12.7. The summed E-state index contributed by atoms with van der Waals surface area (Å²) in [5, 5.41) is 10.5. The van der Waals surface area contributed by atoms with E-state index in [1.165, 1.54) is 0 Å². The van der Waals surface area contributed by atoms with Crippen LogP contribution in [-0.2, 0) is 0 Å². The van der Waals surface area contributed by atoms with Gasteiger partial charge in [-0.05, 0) is 24.0 Å². The topological polar surface area (TPSA) is 75.1 Å². The molecular weight excluding hydrogens is 278 g/mol. The van der Waals surface area contributed by atoms with E-state index in [0.29, 0.717) is 6.54 Å². The number of amidine groups is 1. The van der Waals surface area contributed by atoms with Crippen LogP contribution in [0.25, 0.3) is 0 Å². The van der Waals surface area contributed by atoms with Gasteiger partial charge in [0.1, 0.15) is 6.54 Å². The van der Waals surface area contributed by atoms with Gasteiger partial charge < -0.3 is 4.90 Å². The highest BCUT2D eigenvalue weighted by molar-refractivity contribution is 5.95. The van der Waals surface area contributed by atoms with Gasteiger partial charge in [-0.3, -0.25) is 15.4 Å². The Kier molecular flexibility index (Phi) is 2.97. The van der Waals surface area contributed by atoms with Gasteiger partial charge in [-0.25, -0.2) is 0 Å². The molecule has 7 heteroatoms. The second kappa shape index (κ2) is 5.12. The van der Waals surface area contributed by atoms with Gasteiger partial charge in [-0.1, -0.05) is 0 Å². The summed E-state index contributed by atoms with van der Waals surface area (Å²) in [5.74, 6) is 2.63. The van der Waals surface area contributed by atoms with Gasteiger partial charge in [0.25, 0.3) is 11.7 Å². The molecule has 4 rings (SSSR count). The molecule has 0 unspecified atom stereocenters. The van der Waals surface area contributed by atoms with Crippen molar-refractivity contribution in [1.82, 2.24) is 20.1 Å². The van der Waals surface area contributed by atoms with Crippen LogP contribution < -0.4 is 15.1 Å². The zero-order valence-electron chi connectivity index (χ0n) is 12.1. The van der Waals surface area contributed by atoms with E-state index in [2.05, 4.69) is 30.4 Å². The molecule has 0 amide bonds. The minimum absolute atomic E-state index is 0.698. The van der Waals surface area contributed by atoms with Gasteiger partial charge in [0.05, 0.1) is 24.3 Å². The van der Waals surface area contributed by atoms with Crippen molar-refractivity contribution < 1.29 is 0 Å². The van der Waals surface area contributed by atoms with Crippen molar-refractivity contribution in [3.63, 3.8) is 0 Å². The predicted molar refractivity (Wildman–Crippen MR) is 85.3 cm³/mol. The lowest BCUT2D eigenvalue weighted by Gasteiger charge is -2.24. The molecular formula is C15H15N7+. The van der Waals surface area contributed by atoms with Gasteiger partial charge in [0, 0.05) is 18.0 Å². The zero-order valence-corrected chi connectivity index (χ0v) is 12.1. The summed E-state index contributed by atoms with van der Waals surface area (Å²) in [7, 11) is 0. The largest absolute Gasteiger partial charge is 0.328 e. The summed E-state index contributed by atoms with van der Waals surface area (Å²) < 4.78 is 0. The van der Waals surface area contributed by atoms with E-state index < -0.39 is 0 Å². The highest BCUT2D eigenvalue weighted by atomic mass is 15.4. The van der Waals surface area contributed by atoms with Gasteiger partial charge in [0.2, 0.25) is 0 Å². The third-order valence-electron chi connectivity index (χ3n) is 3.51. The van der Waals surface area contributed by atoms with Crippen LogP contribution in [0.4, 0.5) is 11.5 Å². The predicted octanol–water partition coefficient (Wildman–Crippen LogP) is 1.87. The van der Waals surface area contributed by atoms with Crippen molar-refractivity contribution in [2.75, 3.05) is 16.8 Å². The summed E-state index contributed by atoms with van der Waals surface area (Å²) in [6.45, 7) is 2.67. The molecule has 0 bridgehead atoms. The van der Waals surface area contributed by atoms with Gasteiger partial charge in [-0.2, -0.15) is 10.1 Å². The fraction of sp³-hybridized carbons (Fsp3) is 0.133. The van der Waals surface area contributed by atoms with Gasteiger partial charge >= 0.3 is 0 Å². The Bertz CT molecular complexity index is 772. The van der Waals surface area contributed by atoms with E-state index >= 15 is 0 Å². The molecule has 4 heterocycles. The SMILES string of the molecule is Cc1cc(NC2=CN(c3cccnc3)CC3=NC=C[N+]23)n[nH]1. The maximum absolute atomic E-state index is 4.42. The Morgan fingerprint density at radius 3 is 3.14 bits per heavy atom. The Balaban J connectivity index is 1.68. The monoisotopic (exact) mass is 293 g/mol. The summed E-state index contributed by atoms with van der Waals surface area (Å²) >= 11 is 0. The minimum Gasteiger partial charge on any atom is -0.328 e. The first-order valence-corrected chi connectivity index (χ1v) is 7.00. The number of aliphatic imine (C=N–C) groups is 1. The van der Waals surface area contributed by atoms with Crippen molar-refractivity contribution >= 4 is 17.3 Å². The van der Waals surface area contributed by atoms with Gasteiger partial charge in [-0.15, -0.1) is 0 Å². The molecule has 0 aliphatic carbocycles. The Morgan fingerprint density at radius 2 is 2.36 bits per heavy atom. The molecule has 2 aliphatic rings. The quantitative estimate of drug-likeness (QED) is 0.847. The van der Waals surface area contributed by atoms with Gasteiger partial charge in [0.15, 0.2) is 12.0 Å². The molecule has 7 nitrogen and oxygen atoms in total. The summed E-state index contributed by atoms with van der Waals surface area (Å²) in [6.07, 6.45) is 9.38. The van der Waals surface area contributed by atoms with Crippen molar-refractivity contribution in [2.45, 2.75) is 6.92 Å². The van der Waals surface area contributed by atoms with E-state index in [1.807, 2.05) is 48.6 Å². The molecule has 0 fully saturated rings. The van der Waals surface area contributed by atoms with Crippen molar-refractivity contribution in [2.24, 2.45) is 4.99 Å². The van der Waals surface area contributed by atoms with E-state index in [0.717, 1.165) is 28.9 Å². The number of pyridine rings is 1. The van der Waals surface area contributed by atoms with Crippen molar-refractivity contribution in [1.29, 1.82) is 0 Å². The molecule has 0 spiro atoms. The molecule has 0 aromatic carbocycles. The number of hydrogen-bond acceptors (Lipinski definition) is 6. The number of H-pyrrole nitrogens is 1. The van der Waals surface area contributed by atoms with Crippen LogP contribution in [-0.4, -0.2) is 27.6 Å². The lowest BCUT2D eigenvalue weighted by Crippen LogP contribution is -2.45. The number of anilines is 2. The fourth-order valence-corrected chi connectivity index (χ4v) is 2.47. The number of nitrogens with one attached hydrogen (secondary N) is 2. The maximum Gasteiger partial charge on any atom is 0.284 e. The molecule has 2 aliphatic heterocycles. The number of fused-ring (bicyclic) bond motifs is 1. The first-order valence-electron chi connectivity index (χ1n) is 7.00. The highest BCUT2D eigenvalue weighted by Gasteiger charge is 2.37. The Morgan fingerprint density at radius 1 is 1.41 bits per heavy atom. The third-order valence-corrected chi connectivity index (χ3v) is 3.51. The third kappa shape index (κ3) is 2.27. The number of aromatic nitrogens is 3. The van der Waals surface area contributed by atoms with E-state index in [1.54, 1.807) is 12.4 Å². The van der Waals surface area contributed by atoms with Crippen LogP contribution in [0, 0.1) is 6.92 Å². The fourth-order valence-electron chi connectivity index (χ4n) is 2.47. The number of rotatable bonds is 3. The second-order valence-corrected chi connectivity index (χ2v) is 5.13. The van der Waals surface area contributed by atoms with Crippen LogP contribution in [0.2, 0.25) is 0 Å². The molecule has 0 atom stereocenters. The highest BCUT2D eigenvalue weighted by Crippen LogP contribution is 2.22. The van der Waals surface area contributed by atoms with Crippen molar-refractivity contribution in [3.8, 4) is 0 Å². The van der Waals surface area contributed by atoms with Crippen LogP contribution >= 0.6 is 0 Å². The Labute approximate surface area is 127 Å². The molecule has 109 valence electrons. The molecule has 2 aromatic heterocycles. The van der Waals surface area contributed by atoms with Crippen LogP contribution in [0.1, 0.15) is 5.69 Å². The van der Waals surface area contributed by atoms with E-state index in [4.69, 9.17) is 0 Å². The standard InChI is InChI=1S/C15H15N7/c1-11-7-13(20-19-11)18-15-10-21(12-3-2-4-16-8-12)9-14-17-5-6-22(14)15/h2-8,10H,9H2,1H3,(H2,18,19,20)/q+1. The number of hydrogen-bond donors (Lipinski definition) is 2. The lowest BCUT2D eigenvalue weighted by atomic mass is 10.3. The Hall–Kier alpha value is -2.93. The first kappa shape index (κ1) is 12.8. The van der Waals surface area contributed by atoms with E-state index in [9.17, 15) is 0 Å². The first-order chi connectivity index (χ1) is 10.8. The second-order valence-electron chi connectivity index (χ2n) is 5.13. The molecule has 0 saturated carbocycles. The van der Waals surface area contributed by atoms with Crippen molar-refractivity contribution in [3.05, 3.63) is 60.7 Å². The maximum atomic E-state index is 4.42.